The summed E-state index contributed by atoms with van der Waals surface area (Å²) in [5.74, 6) is 0.510. The minimum absolute atomic E-state index is 0.00928. The van der Waals surface area contributed by atoms with Crippen LogP contribution in [0.15, 0.2) is 73.2 Å². The number of carbonyl (C=O) groups is 2. The fourth-order valence-corrected chi connectivity index (χ4v) is 3.77. The Hall–Kier alpha value is -4.07. The van der Waals surface area contributed by atoms with E-state index in [-0.39, 0.29) is 17.9 Å². The Kier molecular flexibility index (Phi) is 7.95. The van der Waals surface area contributed by atoms with Crippen molar-refractivity contribution in [2.24, 2.45) is 0 Å². The van der Waals surface area contributed by atoms with Gasteiger partial charge in [-0.3, -0.25) is 14.6 Å². The van der Waals surface area contributed by atoms with Crippen molar-refractivity contribution in [3.63, 3.8) is 0 Å². The van der Waals surface area contributed by atoms with Crippen LogP contribution in [0.5, 0.6) is 0 Å². The first-order valence-electron chi connectivity index (χ1n) is 11.5. The van der Waals surface area contributed by atoms with Gasteiger partial charge < -0.3 is 15.6 Å². The van der Waals surface area contributed by atoms with Gasteiger partial charge in [-0.15, -0.1) is 0 Å². The van der Waals surface area contributed by atoms with Gasteiger partial charge in [0.15, 0.2) is 0 Å². The van der Waals surface area contributed by atoms with Crippen molar-refractivity contribution in [1.29, 1.82) is 0 Å². The number of benzene rings is 2. The zero-order valence-electron chi connectivity index (χ0n) is 18.9. The molecule has 2 aromatic heterocycles. The summed E-state index contributed by atoms with van der Waals surface area (Å²) in [6.07, 6.45) is 7.89. The van der Waals surface area contributed by atoms with Crippen LogP contribution in [0.4, 0.5) is 0 Å². The zero-order valence-corrected chi connectivity index (χ0v) is 18.9. The molecule has 0 unspecified atom stereocenters. The summed E-state index contributed by atoms with van der Waals surface area (Å²) in [6, 6.07) is 17.7. The number of hydrogen-bond donors (Lipinski definition) is 3. The molecule has 4 aromatic rings. The second-order valence-electron chi connectivity index (χ2n) is 8.11. The number of para-hydroxylation sites is 2. The maximum atomic E-state index is 12.7. The molecule has 0 spiro atoms. The number of fused-ring (bicyclic) bond motifs is 1. The molecule has 0 fully saturated rings. The fourth-order valence-electron chi connectivity index (χ4n) is 3.77. The van der Waals surface area contributed by atoms with Gasteiger partial charge in [0.05, 0.1) is 23.3 Å². The summed E-state index contributed by atoms with van der Waals surface area (Å²) in [7, 11) is 0. The summed E-state index contributed by atoms with van der Waals surface area (Å²) < 4.78 is 0. The van der Waals surface area contributed by atoms with Crippen LogP contribution in [0.3, 0.4) is 0 Å². The second kappa shape index (κ2) is 11.7. The molecular formula is C26H28N6O2. The maximum Gasteiger partial charge on any atom is 0.271 e. The largest absolute Gasteiger partial charge is 0.351 e. The van der Waals surface area contributed by atoms with Crippen molar-refractivity contribution in [3.05, 3.63) is 90.3 Å². The predicted octanol–water partition coefficient (Wildman–Crippen LogP) is 3.74. The molecular weight excluding hydrogens is 428 g/mol. The van der Waals surface area contributed by atoms with Gasteiger partial charge in [0.25, 0.3) is 5.91 Å². The average Bonchev–Trinajstić information content (AvgIpc) is 3.31. The average molecular weight is 457 g/mol. The van der Waals surface area contributed by atoms with Gasteiger partial charge in [-0.2, -0.15) is 0 Å². The van der Waals surface area contributed by atoms with Crippen LogP contribution in [0, 0.1) is 0 Å². The smallest absolute Gasteiger partial charge is 0.271 e. The highest BCUT2D eigenvalue weighted by atomic mass is 16.2. The molecule has 0 saturated carbocycles. The zero-order chi connectivity index (χ0) is 23.6. The number of unbranched alkanes of at least 4 members (excludes halogenated alkanes) is 2. The van der Waals surface area contributed by atoms with Crippen LogP contribution in [0.25, 0.3) is 11.0 Å². The number of H-pyrrole nitrogens is 1. The van der Waals surface area contributed by atoms with E-state index in [2.05, 4.69) is 37.7 Å². The lowest BCUT2D eigenvalue weighted by molar-refractivity contribution is -0.122. The third-order valence-corrected chi connectivity index (χ3v) is 5.52. The SMILES string of the molecule is O=C(CCCCCNC(=O)c1cnccn1)N[C@H](Cc1ccccc1)c1nc2ccccc2[nH]1. The lowest BCUT2D eigenvalue weighted by atomic mass is 10.0. The lowest BCUT2D eigenvalue weighted by Gasteiger charge is -2.17. The van der Waals surface area contributed by atoms with Gasteiger partial charge in [-0.1, -0.05) is 48.9 Å². The highest BCUT2D eigenvalue weighted by molar-refractivity contribution is 5.91. The van der Waals surface area contributed by atoms with E-state index in [9.17, 15) is 9.59 Å². The number of imidazole rings is 1. The molecule has 34 heavy (non-hydrogen) atoms. The Morgan fingerprint density at radius 1 is 0.941 bits per heavy atom. The van der Waals surface area contributed by atoms with E-state index in [1.54, 1.807) is 0 Å². The minimum Gasteiger partial charge on any atom is -0.351 e. The first kappa shape index (κ1) is 23.1. The van der Waals surface area contributed by atoms with E-state index < -0.39 is 0 Å². The van der Waals surface area contributed by atoms with E-state index >= 15 is 0 Å². The first-order chi connectivity index (χ1) is 16.7. The maximum absolute atomic E-state index is 12.7. The highest BCUT2D eigenvalue weighted by Crippen LogP contribution is 2.20. The van der Waals surface area contributed by atoms with Gasteiger partial charge in [-0.05, 0) is 37.0 Å². The van der Waals surface area contributed by atoms with Gasteiger partial charge >= 0.3 is 0 Å². The molecule has 0 aliphatic rings. The van der Waals surface area contributed by atoms with Crippen molar-refractivity contribution >= 4 is 22.8 Å². The van der Waals surface area contributed by atoms with Gasteiger partial charge in [0.1, 0.15) is 11.5 Å². The molecule has 2 amide bonds. The second-order valence-corrected chi connectivity index (χ2v) is 8.11. The van der Waals surface area contributed by atoms with E-state index in [1.165, 1.54) is 18.6 Å². The van der Waals surface area contributed by atoms with Crippen molar-refractivity contribution in [1.82, 2.24) is 30.6 Å². The Morgan fingerprint density at radius 2 is 1.76 bits per heavy atom. The van der Waals surface area contributed by atoms with Crippen molar-refractivity contribution in [2.75, 3.05) is 6.54 Å². The van der Waals surface area contributed by atoms with E-state index in [0.29, 0.717) is 25.1 Å². The van der Waals surface area contributed by atoms with Crippen molar-refractivity contribution in [3.8, 4) is 0 Å². The predicted molar refractivity (Wildman–Crippen MR) is 130 cm³/mol. The molecule has 0 saturated heterocycles. The van der Waals surface area contributed by atoms with E-state index in [0.717, 1.165) is 41.7 Å². The van der Waals surface area contributed by atoms with E-state index in [4.69, 9.17) is 4.98 Å². The molecule has 4 rings (SSSR count). The van der Waals surface area contributed by atoms with Crippen LogP contribution in [-0.2, 0) is 11.2 Å². The molecule has 3 N–H and O–H groups in total. The molecule has 2 aromatic carbocycles. The number of nitrogens with zero attached hydrogens (tertiary/aromatic N) is 3. The van der Waals surface area contributed by atoms with Gasteiger partial charge in [0.2, 0.25) is 5.91 Å². The standard InChI is InChI=1S/C26H28N6O2/c33-24(13-5-2-8-14-29-26(34)23-18-27-15-16-28-23)30-22(17-19-9-3-1-4-10-19)25-31-20-11-6-7-12-21(20)32-25/h1,3-4,6-7,9-12,15-16,18,22H,2,5,8,13-14,17H2,(H,29,34)(H,30,33)(H,31,32)/t22-/m1/s1. The van der Waals surface area contributed by atoms with E-state index in [1.807, 2.05) is 42.5 Å². The molecule has 1 atom stereocenters. The lowest BCUT2D eigenvalue weighted by Crippen LogP contribution is -2.30. The monoisotopic (exact) mass is 456 g/mol. The molecule has 0 aliphatic carbocycles. The Morgan fingerprint density at radius 3 is 2.56 bits per heavy atom. The summed E-state index contributed by atoms with van der Waals surface area (Å²) in [6.45, 7) is 0.534. The van der Waals surface area contributed by atoms with Crippen molar-refractivity contribution in [2.45, 2.75) is 38.1 Å². The molecule has 8 heteroatoms. The minimum atomic E-state index is -0.242. The van der Waals surface area contributed by atoms with Crippen molar-refractivity contribution < 1.29 is 9.59 Å². The van der Waals surface area contributed by atoms with Crippen LogP contribution < -0.4 is 10.6 Å². The Labute approximate surface area is 198 Å². The number of rotatable bonds is 11. The van der Waals surface area contributed by atoms with Crippen LogP contribution in [0.2, 0.25) is 0 Å². The molecule has 0 radical (unpaired) electrons. The number of aromatic nitrogens is 4. The third kappa shape index (κ3) is 6.48. The summed E-state index contributed by atoms with van der Waals surface area (Å²) >= 11 is 0. The summed E-state index contributed by atoms with van der Waals surface area (Å²) in [5.41, 5.74) is 3.27. The molecule has 2 heterocycles. The molecule has 174 valence electrons. The third-order valence-electron chi connectivity index (χ3n) is 5.52. The topological polar surface area (TPSA) is 113 Å². The Balaban J connectivity index is 1.26. The number of hydrogen-bond acceptors (Lipinski definition) is 5. The first-order valence-corrected chi connectivity index (χ1v) is 11.5. The highest BCUT2D eigenvalue weighted by Gasteiger charge is 2.19. The normalized spacial score (nSPS) is 11.8. The number of amides is 2. The summed E-state index contributed by atoms with van der Waals surface area (Å²) in [4.78, 5) is 40.6. The molecule has 0 bridgehead atoms. The number of aromatic amines is 1. The van der Waals surface area contributed by atoms with Gasteiger partial charge in [0, 0.05) is 25.4 Å². The van der Waals surface area contributed by atoms with Crippen LogP contribution in [0.1, 0.15) is 53.6 Å². The number of nitrogens with one attached hydrogen (secondary N) is 3. The van der Waals surface area contributed by atoms with Gasteiger partial charge in [-0.25, -0.2) is 9.97 Å². The molecule has 8 nitrogen and oxygen atoms in total. The van der Waals surface area contributed by atoms with Crippen LogP contribution in [-0.4, -0.2) is 38.3 Å². The molecule has 0 aliphatic heterocycles. The Bertz CT molecular complexity index is 1180. The summed E-state index contributed by atoms with van der Waals surface area (Å²) in [5, 5.41) is 5.98. The fraction of sp³-hybridized carbons (Fsp3) is 0.269. The number of carbonyl (C=O) groups excluding carboxylic acids is 2. The van der Waals surface area contributed by atoms with Crippen LogP contribution >= 0.6 is 0 Å². The quantitative estimate of drug-likeness (QED) is 0.298.